The van der Waals surface area contributed by atoms with Crippen LogP contribution in [0.1, 0.15) is 32.6 Å². The molecule has 0 aliphatic heterocycles. The largest absolute Gasteiger partial charge is 0.387 e. The summed E-state index contributed by atoms with van der Waals surface area (Å²) in [6.45, 7) is 6.26. The second-order valence-corrected chi connectivity index (χ2v) is 3.42. The van der Waals surface area contributed by atoms with Gasteiger partial charge in [0.2, 0.25) is 0 Å². The fraction of sp³-hybridized carbons (Fsp3) is 0.800. The molecule has 70 valence electrons. The van der Waals surface area contributed by atoms with Crippen LogP contribution in [-0.4, -0.2) is 23.4 Å². The van der Waals surface area contributed by atoms with E-state index in [-0.39, 0.29) is 6.10 Å². The Morgan fingerprint density at radius 3 is 2.58 bits per heavy atom. The lowest BCUT2D eigenvalue weighted by Crippen LogP contribution is -2.40. The summed E-state index contributed by atoms with van der Waals surface area (Å²) in [4.78, 5) is 0. The Kier molecular flexibility index (Phi) is 3.29. The van der Waals surface area contributed by atoms with E-state index in [1.54, 1.807) is 6.08 Å². The Balaban J connectivity index is 2.56. The molecule has 0 aromatic carbocycles. The minimum atomic E-state index is -0.627. The summed E-state index contributed by atoms with van der Waals surface area (Å²) in [6.07, 6.45) is 5.45. The third kappa shape index (κ3) is 1.87. The topological polar surface area (TPSA) is 29.5 Å². The standard InChI is InChI=1S/C10H18O2/c1-3-9(12-4-2)10(11)7-5-6-8-10/h3,9,11H,1,4-8H2,2H3. The molecule has 0 aromatic heterocycles. The van der Waals surface area contributed by atoms with Gasteiger partial charge in [-0.3, -0.25) is 0 Å². The van der Waals surface area contributed by atoms with Crippen LogP contribution in [0.15, 0.2) is 12.7 Å². The summed E-state index contributed by atoms with van der Waals surface area (Å²) < 4.78 is 5.41. The molecule has 0 spiro atoms. The molecule has 1 rings (SSSR count). The molecule has 1 unspecified atom stereocenters. The van der Waals surface area contributed by atoms with Crippen LogP contribution in [0.2, 0.25) is 0 Å². The Morgan fingerprint density at radius 1 is 1.58 bits per heavy atom. The fourth-order valence-electron chi connectivity index (χ4n) is 1.89. The molecule has 0 amide bonds. The first kappa shape index (κ1) is 9.75. The van der Waals surface area contributed by atoms with Crippen molar-refractivity contribution in [1.29, 1.82) is 0 Å². The van der Waals surface area contributed by atoms with Crippen LogP contribution in [-0.2, 0) is 4.74 Å². The van der Waals surface area contributed by atoms with Crippen molar-refractivity contribution >= 4 is 0 Å². The monoisotopic (exact) mass is 170 g/mol. The third-order valence-corrected chi connectivity index (χ3v) is 2.56. The average Bonchev–Trinajstić information content (AvgIpc) is 2.49. The lowest BCUT2D eigenvalue weighted by Gasteiger charge is -2.29. The van der Waals surface area contributed by atoms with Crippen LogP contribution in [0.4, 0.5) is 0 Å². The highest BCUT2D eigenvalue weighted by Crippen LogP contribution is 2.34. The summed E-state index contributed by atoms with van der Waals surface area (Å²) in [5.41, 5.74) is -0.627. The number of rotatable bonds is 4. The van der Waals surface area contributed by atoms with Crippen molar-refractivity contribution in [3.8, 4) is 0 Å². The molecule has 1 atom stereocenters. The highest BCUT2D eigenvalue weighted by atomic mass is 16.5. The van der Waals surface area contributed by atoms with Gasteiger partial charge in [-0.05, 0) is 19.8 Å². The van der Waals surface area contributed by atoms with Crippen molar-refractivity contribution in [2.45, 2.75) is 44.3 Å². The molecule has 0 bridgehead atoms. The van der Waals surface area contributed by atoms with E-state index in [9.17, 15) is 5.11 Å². The second kappa shape index (κ2) is 4.06. The van der Waals surface area contributed by atoms with Gasteiger partial charge in [0.15, 0.2) is 0 Å². The van der Waals surface area contributed by atoms with E-state index in [0.717, 1.165) is 25.7 Å². The first-order valence-corrected chi connectivity index (χ1v) is 4.69. The quantitative estimate of drug-likeness (QED) is 0.653. The van der Waals surface area contributed by atoms with Crippen LogP contribution in [0.25, 0.3) is 0 Å². The van der Waals surface area contributed by atoms with E-state index >= 15 is 0 Å². The summed E-state index contributed by atoms with van der Waals surface area (Å²) in [5.74, 6) is 0. The molecule has 0 aromatic rings. The Hall–Kier alpha value is -0.340. The predicted octanol–water partition coefficient (Wildman–Crippen LogP) is 1.88. The molecule has 0 saturated heterocycles. The molecule has 1 N–H and O–H groups in total. The van der Waals surface area contributed by atoms with Crippen molar-refractivity contribution in [2.24, 2.45) is 0 Å². The molecule has 12 heavy (non-hydrogen) atoms. The zero-order valence-electron chi connectivity index (χ0n) is 7.75. The molecule has 1 aliphatic carbocycles. The maximum Gasteiger partial charge on any atom is 0.104 e. The molecule has 2 nitrogen and oxygen atoms in total. The van der Waals surface area contributed by atoms with Gasteiger partial charge in [0.25, 0.3) is 0 Å². The van der Waals surface area contributed by atoms with Gasteiger partial charge in [-0.25, -0.2) is 0 Å². The van der Waals surface area contributed by atoms with Crippen molar-refractivity contribution in [3.05, 3.63) is 12.7 Å². The van der Waals surface area contributed by atoms with Gasteiger partial charge in [-0.1, -0.05) is 18.9 Å². The molecule has 2 heteroatoms. The number of hydrogen-bond donors (Lipinski definition) is 1. The summed E-state index contributed by atoms with van der Waals surface area (Å²) in [5, 5.41) is 10.1. The van der Waals surface area contributed by atoms with Crippen LogP contribution in [0, 0.1) is 0 Å². The van der Waals surface area contributed by atoms with Gasteiger partial charge in [-0.15, -0.1) is 6.58 Å². The molecular formula is C10H18O2. The molecule has 0 heterocycles. The van der Waals surface area contributed by atoms with Gasteiger partial charge in [0, 0.05) is 6.61 Å². The third-order valence-electron chi connectivity index (χ3n) is 2.56. The SMILES string of the molecule is C=CC(OCC)C1(O)CCCC1. The van der Waals surface area contributed by atoms with Gasteiger partial charge < -0.3 is 9.84 Å². The summed E-state index contributed by atoms with van der Waals surface area (Å²) in [6, 6.07) is 0. The second-order valence-electron chi connectivity index (χ2n) is 3.42. The van der Waals surface area contributed by atoms with E-state index in [1.807, 2.05) is 6.92 Å². The lowest BCUT2D eigenvalue weighted by molar-refractivity contribution is -0.0785. The Bertz CT molecular complexity index is 148. The van der Waals surface area contributed by atoms with Crippen LogP contribution in [0.3, 0.4) is 0 Å². The number of aliphatic hydroxyl groups is 1. The lowest BCUT2D eigenvalue weighted by atomic mass is 9.95. The number of hydrogen-bond acceptors (Lipinski definition) is 2. The highest BCUT2D eigenvalue weighted by molar-refractivity contribution is 5.00. The summed E-state index contributed by atoms with van der Waals surface area (Å²) >= 11 is 0. The van der Waals surface area contributed by atoms with E-state index in [0.29, 0.717) is 6.61 Å². The van der Waals surface area contributed by atoms with E-state index in [4.69, 9.17) is 4.74 Å². The normalized spacial score (nSPS) is 23.8. The fourth-order valence-corrected chi connectivity index (χ4v) is 1.89. The molecular weight excluding hydrogens is 152 g/mol. The van der Waals surface area contributed by atoms with Crippen molar-refractivity contribution in [1.82, 2.24) is 0 Å². The Morgan fingerprint density at radius 2 is 2.17 bits per heavy atom. The predicted molar refractivity (Wildman–Crippen MR) is 49.0 cm³/mol. The minimum Gasteiger partial charge on any atom is -0.387 e. The molecule has 1 aliphatic rings. The van der Waals surface area contributed by atoms with Crippen molar-refractivity contribution in [3.63, 3.8) is 0 Å². The first-order valence-electron chi connectivity index (χ1n) is 4.69. The molecule has 0 radical (unpaired) electrons. The van der Waals surface area contributed by atoms with Crippen molar-refractivity contribution < 1.29 is 9.84 Å². The average molecular weight is 170 g/mol. The zero-order valence-corrected chi connectivity index (χ0v) is 7.75. The van der Waals surface area contributed by atoms with E-state index < -0.39 is 5.60 Å². The van der Waals surface area contributed by atoms with Crippen molar-refractivity contribution in [2.75, 3.05) is 6.61 Å². The van der Waals surface area contributed by atoms with Crippen LogP contribution < -0.4 is 0 Å². The van der Waals surface area contributed by atoms with Gasteiger partial charge >= 0.3 is 0 Å². The van der Waals surface area contributed by atoms with Crippen LogP contribution in [0.5, 0.6) is 0 Å². The summed E-state index contributed by atoms with van der Waals surface area (Å²) in [7, 11) is 0. The Labute approximate surface area is 74.2 Å². The van der Waals surface area contributed by atoms with E-state index in [2.05, 4.69) is 6.58 Å². The van der Waals surface area contributed by atoms with Gasteiger partial charge in [0.1, 0.15) is 6.10 Å². The number of ether oxygens (including phenoxy) is 1. The van der Waals surface area contributed by atoms with Crippen LogP contribution >= 0.6 is 0 Å². The first-order chi connectivity index (χ1) is 5.73. The highest BCUT2D eigenvalue weighted by Gasteiger charge is 2.38. The maximum atomic E-state index is 10.1. The van der Waals surface area contributed by atoms with Gasteiger partial charge in [0.05, 0.1) is 5.60 Å². The van der Waals surface area contributed by atoms with Gasteiger partial charge in [-0.2, -0.15) is 0 Å². The molecule has 1 saturated carbocycles. The maximum absolute atomic E-state index is 10.1. The zero-order chi connectivity index (χ0) is 9.03. The minimum absolute atomic E-state index is 0.176. The smallest absolute Gasteiger partial charge is 0.104 e. The molecule has 1 fully saturated rings. The van der Waals surface area contributed by atoms with E-state index in [1.165, 1.54) is 0 Å².